The Bertz CT molecular complexity index is 602. The van der Waals surface area contributed by atoms with Gasteiger partial charge in [-0.15, -0.1) is 0 Å². The van der Waals surface area contributed by atoms with E-state index in [1.165, 1.54) is 6.07 Å². The highest BCUT2D eigenvalue weighted by Crippen LogP contribution is 2.28. The lowest BCUT2D eigenvalue weighted by atomic mass is 10.1. The van der Waals surface area contributed by atoms with Crippen LogP contribution in [-0.4, -0.2) is 27.1 Å². The third-order valence-corrected chi connectivity index (χ3v) is 3.38. The minimum absolute atomic E-state index is 0.0578. The van der Waals surface area contributed by atoms with Crippen LogP contribution in [0.5, 0.6) is 0 Å². The quantitative estimate of drug-likeness (QED) is 0.643. The normalized spacial score (nSPS) is 12.3. The molecule has 0 aliphatic rings. The minimum Gasteiger partial charge on any atom is -0.337 e. The molecular weight excluding hydrogens is 280 g/mol. The van der Waals surface area contributed by atoms with E-state index in [9.17, 15) is 10.1 Å². The van der Waals surface area contributed by atoms with E-state index in [1.54, 1.807) is 30.0 Å². The number of para-hydroxylation sites is 1. The smallest absolute Gasteiger partial charge is 0.280 e. The van der Waals surface area contributed by atoms with Crippen molar-refractivity contribution in [3.8, 4) is 11.4 Å². The van der Waals surface area contributed by atoms with Crippen molar-refractivity contribution in [1.82, 2.24) is 10.1 Å². The Hall–Kier alpha value is -1.93. The topological polar surface area (TPSA) is 108 Å². The number of nitrogens with two attached hydrogens (primary N) is 1. The minimum atomic E-state index is -0.473. The van der Waals surface area contributed by atoms with Crippen molar-refractivity contribution in [3.05, 3.63) is 40.3 Å². The van der Waals surface area contributed by atoms with Crippen molar-refractivity contribution in [2.24, 2.45) is 5.73 Å². The SMILES string of the molecule is CSCC[C@@H](N)c1nc(-c2ccccc2[N+](=O)[O-])no1. The van der Waals surface area contributed by atoms with Gasteiger partial charge in [0.1, 0.15) is 5.56 Å². The highest BCUT2D eigenvalue weighted by atomic mass is 32.2. The first-order valence-corrected chi connectivity index (χ1v) is 7.34. The molecule has 1 aromatic heterocycles. The fourth-order valence-electron chi connectivity index (χ4n) is 1.69. The molecule has 0 aliphatic carbocycles. The van der Waals surface area contributed by atoms with E-state index in [1.807, 2.05) is 6.26 Å². The standard InChI is InChI=1S/C12H14N4O3S/c1-20-7-6-9(13)12-14-11(15-19-12)8-4-2-3-5-10(8)16(17)18/h2-5,9H,6-7,13H2,1H3/t9-/m1/s1. The van der Waals surface area contributed by atoms with Crippen LogP contribution in [0.15, 0.2) is 28.8 Å². The van der Waals surface area contributed by atoms with Gasteiger partial charge in [0.15, 0.2) is 0 Å². The second-order valence-electron chi connectivity index (χ2n) is 4.12. The van der Waals surface area contributed by atoms with Crippen LogP contribution < -0.4 is 5.73 Å². The molecule has 0 spiro atoms. The first-order chi connectivity index (χ1) is 9.63. The molecule has 7 nitrogen and oxygen atoms in total. The summed E-state index contributed by atoms with van der Waals surface area (Å²) in [5.74, 6) is 1.36. The molecule has 0 bridgehead atoms. The van der Waals surface area contributed by atoms with Gasteiger partial charge in [0.25, 0.3) is 5.69 Å². The molecule has 0 saturated heterocycles. The lowest BCUT2D eigenvalue weighted by Gasteiger charge is -2.03. The molecule has 1 atom stereocenters. The van der Waals surface area contributed by atoms with Crippen LogP contribution in [0.1, 0.15) is 18.4 Å². The van der Waals surface area contributed by atoms with Gasteiger partial charge in [0, 0.05) is 6.07 Å². The molecule has 8 heteroatoms. The zero-order chi connectivity index (χ0) is 14.5. The molecule has 2 N–H and O–H groups in total. The van der Waals surface area contributed by atoms with Crippen molar-refractivity contribution in [1.29, 1.82) is 0 Å². The molecule has 2 aromatic rings. The Morgan fingerprint density at radius 1 is 1.50 bits per heavy atom. The van der Waals surface area contributed by atoms with Crippen LogP contribution in [-0.2, 0) is 0 Å². The third kappa shape index (κ3) is 3.14. The van der Waals surface area contributed by atoms with E-state index in [0.29, 0.717) is 17.9 Å². The van der Waals surface area contributed by atoms with Crippen LogP contribution in [0.4, 0.5) is 5.69 Å². The van der Waals surface area contributed by atoms with Crippen molar-refractivity contribution < 1.29 is 9.45 Å². The van der Waals surface area contributed by atoms with Crippen LogP contribution >= 0.6 is 11.8 Å². The predicted octanol–water partition coefficient (Wildman–Crippen LogP) is 2.40. The molecule has 0 saturated carbocycles. The average Bonchev–Trinajstić information content (AvgIpc) is 2.94. The number of nitro groups is 1. The van der Waals surface area contributed by atoms with E-state index < -0.39 is 4.92 Å². The summed E-state index contributed by atoms with van der Waals surface area (Å²) in [5, 5.41) is 14.8. The first-order valence-electron chi connectivity index (χ1n) is 5.95. The largest absolute Gasteiger partial charge is 0.337 e. The lowest BCUT2D eigenvalue weighted by Crippen LogP contribution is -2.11. The molecule has 0 fully saturated rings. The van der Waals surface area contributed by atoms with Crippen molar-refractivity contribution in [2.75, 3.05) is 12.0 Å². The summed E-state index contributed by atoms with van der Waals surface area (Å²) in [5.41, 5.74) is 6.19. The van der Waals surface area contributed by atoms with E-state index >= 15 is 0 Å². The molecular formula is C12H14N4O3S. The molecule has 0 aliphatic heterocycles. The van der Waals surface area contributed by atoms with Gasteiger partial charge in [-0.2, -0.15) is 16.7 Å². The number of aromatic nitrogens is 2. The summed E-state index contributed by atoms with van der Waals surface area (Å²) in [6, 6.07) is 5.91. The number of benzene rings is 1. The summed E-state index contributed by atoms with van der Waals surface area (Å²) in [4.78, 5) is 14.7. The molecule has 0 unspecified atom stereocenters. The van der Waals surface area contributed by atoms with E-state index in [4.69, 9.17) is 10.3 Å². The van der Waals surface area contributed by atoms with E-state index in [0.717, 1.165) is 5.75 Å². The Morgan fingerprint density at radius 3 is 2.95 bits per heavy atom. The number of nitrogens with zero attached hydrogens (tertiary/aromatic N) is 3. The zero-order valence-corrected chi connectivity index (χ0v) is 11.7. The van der Waals surface area contributed by atoms with Crippen LogP contribution in [0, 0.1) is 10.1 Å². The molecule has 0 amide bonds. The van der Waals surface area contributed by atoms with Gasteiger partial charge < -0.3 is 10.3 Å². The second kappa shape index (κ2) is 6.49. The second-order valence-corrected chi connectivity index (χ2v) is 5.10. The number of nitro benzene ring substituents is 1. The van der Waals surface area contributed by atoms with Crippen LogP contribution in [0.3, 0.4) is 0 Å². The van der Waals surface area contributed by atoms with Gasteiger partial charge in [-0.1, -0.05) is 17.3 Å². The Labute approximate surface area is 119 Å². The molecule has 106 valence electrons. The molecule has 2 rings (SSSR count). The molecule has 0 radical (unpaired) electrons. The van der Waals surface area contributed by atoms with E-state index in [-0.39, 0.29) is 17.6 Å². The van der Waals surface area contributed by atoms with Gasteiger partial charge in [0.05, 0.1) is 11.0 Å². The highest BCUT2D eigenvalue weighted by Gasteiger charge is 2.21. The summed E-state index contributed by atoms with van der Waals surface area (Å²) in [6.07, 6.45) is 2.69. The molecule has 1 aromatic carbocycles. The van der Waals surface area contributed by atoms with Crippen LogP contribution in [0.25, 0.3) is 11.4 Å². The molecule has 20 heavy (non-hydrogen) atoms. The predicted molar refractivity (Wildman–Crippen MR) is 76.3 cm³/mol. The van der Waals surface area contributed by atoms with Gasteiger partial charge in [0.2, 0.25) is 11.7 Å². The number of rotatable bonds is 6. The lowest BCUT2D eigenvalue weighted by molar-refractivity contribution is -0.384. The van der Waals surface area contributed by atoms with E-state index in [2.05, 4.69) is 10.1 Å². The summed E-state index contributed by atoms with van der Waals surface area (Å²) >= 11 is 1.68. The van der Waals surface area contributed by atoms with Crippen molar-refractivity contribution in [3.63, 3.8) is 0 Å². The van der Waals surface area contributed by atoms with Crippen molar-refractivity contribution >= 4 is 17.4 Å². The van der Waals surface area contributed by atoms with Gasteiger partial charge in [-0.25, -0.2) is 0 Å². The zero-order valence-electron chi connectivity index (χ0n) is 10.9. The van der Waals surface area contributed by atoms with Gasteiger partial charge in [-0.05, 0) is 24.5 Å². The Morgan fingerprint density at radius 2 is 2.25 bits per heavy atom. The summed E-state index contributed by atoms with van der Waals surface area (Å²) < 4.78 is 5.09. The van der Waals surface area contributed by atoms with Crippen LogP contribution in [0.2, 0.25) is 0 Å². The maximum atomic E-state index is 11.0. The Balaban J connectivity index is 2.27. The van der Waals surface area contributed by atoms with Gasteiger partial charge >= 0.3 is 0 Å². The van der Waals surface area contributed by atoms with Gasteiger partial charge in [-0.3, -0.25) is 10.1 Å². The number of hydrogen-bond acceptors (Lipinski definition) is 7. The summed E-state index contributed by atoms with van der Waals surface area (Å²) in [6.45, 7) is 0. The monoisotopic (exact) mass is 294 g/mol. The number of thioether (sulfide) groups is 1. The summed E-state index contributed by atoms with van der Waals surface area (Å²) in [7, 11) is 0. The maximum absolute atomic E-state index is 11.0. The first kappa shape index (κ1) is 14.5. The average molecular weight is 294 g/mol. The third-order valence-electron chi connectivity index (χ3n) is 2.73. The fraction of sp³-hybridized carbons (Fsp3) is 0.333. The number of hydrogen-bond donors (Lipinski definition) is 1. The molecule has 1 heterocycles. The van der Waals surface area contributed by atoms with Crippen molar-refractivity contribution in [2.45, 2.75) is 12.5 Å². The fourth-order valence-corrected chi connectivity index (χ4v) is 2.18. The maximum Gasteiger partial charge on any atom is 0.280 e. The highest BCUT2D eigenvalue weighted by molar-refractivity contribution is 7.98. The Kier molecular flexibility index (Phi) is 4.70.